The fourth-order valence-electron chi connectivity index (χ4n) is 5.98. The molecule has 0 aliphatic carbocycles. The molecular formula is C40H46N6O6S. The Bertz CT molecular complexity index is 2010. The molecule has 0 saturated heterocycles. The molecule has 13 heteroatoms. The third-order valence-electron chi connectivity index (χ3n) is 8.55. The molecule has 0 radical (unpaired) electrons. The molecule has 0 atom stereocenters. The van der Waals surface area contributed by atoms with Crippen LogP contribution in [0.3, 0.4) is 0 Å². The van der Waals surface area contributed by atoms with Gasteiger partial charge in [0.1, 0.15) is 23.1 Å². The van der Waals surface area contributed by atoms with Crippen molar-refractivity contribution in [2.45, 2.75) is 34.6 Å². The third-order valence-corrected chi connectivity index (χ3v) is 9.63. The molecular weight excluding hydrogens is 693 g/mol. The summed E-state index contributed by atoms with van der Waals surface area (Å²) in [5.74, 6) is -0.350. The molecule has 2 N–H and O–H groups in total. The van der Waals surface area contributed by atoms with Crippen LogP contribution in [0, 0.1) is 11.3 Å². The van der Waals surface area contributed by atoms with E-state index in [0.29, 0.717) is 52.2 Å². The van der Waals surface area contributed by atoms with Crippen molar-refractivity contribution in [2.75, 3.05) is 67.5 Å². The maximum Gasteiger partial charge on any atom is 0.346 e. The first-order chi connectivity index (χ1) is 25.6. The highest BCUT2D eigenvalue weighted by atomic mass is 32.1. The highest BCUT2D eigenvalue weighted by Gasteiger charge is 2.26. The van der Waals surface area contributed by atoms with Gasteiger partial charge in [-0.15, -0.1) is 11.3 Å². The molecule has 3 aromatic carbocycles. The van der Waals surface area contributed by atoms with Crippen molar-refractivity contribution >= 4 is 75.5 Å². The smallest absolute Gasteiger partial charge is 0.346 e. The van der Waals surface area contributed by atoms with E-state index in [1.165, 1.54) is 30.7 Å². The summed E-state index contributed by atoms with van der Waals surface area (Å²) in [5.41, 5.74) is 5.57. The molecule has 12 nitrogen and oxygen atoms in total. The number of hydrogen-bond donors (Lipinski definition) is 2. The van der Waals surface area contributed by atoms with Crippen LogP contribution in [-0.4, -0.2) is 70.9 Å². The minimum atomic E-state index is -1.27. The van der Waals surface area contributed by atoms with Crippen LogP contribution in [0.5, 0.6) is 11.5 Å². The van der Waals surface area contributed by atoms with Gasteiger partial charge in [0.2, 0.25) is 5.91 Å². The molecule has 1 amide bonds. The van der Waals surface area contributed by atoms with Gasteiger partial charge in [-0.3, -0.25) is 4.79 Å². The van der Waals surface area contributed by atoms with Crippen LogP contribution < -0.4 is 29.5 Å². The van der Waals surface area contributed by atoms with Crippen molar-refractivity contribution in [1.82, 2.24) is 0 Å². The van der Waals surface area contributed by atoms with Crippen molar-refractivity contribution in [3.8, 4) is 28.0 Å². The number of ether oxygens (including phenoxy) is 3. The van der Waals surface area contributed by atoms with Gasteiger partial charge >= 0.3 is 5.97 Å². The number of amides is 1. The number of carboxylic acid groups (broad SMARTS) is 1. The van der Waals surface area contributed by atoms with Crippen LogP contribution in [0.1, 0.15) is 39.5 Å². The number of carbonyl (C=O) groups is 2. The van der Waals surface area contributed by atoms with Crippen LogP contribution in [0.4, 0.5) is 39.8 Å². The maximum absolute atomic E-state index is 12.6. The Balaban J connectivity index is 2.03. The molecule has 0 unspecified atom stereocenters. The van der Waals surface area contributed by atoms with Crippen molar-refractivity contribution in [3.05, 3.63) is 71.1 Å². The molecule has 0 aliphatic rings. The van der Waals surface area contributed by atoms with Gasteiger partial charge in [-0.25, -0.2) is 9.79 Å². The summed E-state index contributed by atoms with van der Waals surface area (Å²) < 4.78 is 17.4. The van der Waals surface area contributed by atoms with Gasteiger partial charge in [0.15, 0.2) is 6.40 Å². The Hall–Kier alpha value is -6.00. The Morgan fingerprint density at radius 3 is 1.96 bits per heavy atom. The molecule has 278 valence electrons. The minimum absolute atomic E-state index is 0.210. The normalized spacial score (nSPS) is 11.2. The summed E-state index contributed by atoms with van der Waals surface area (Å²) in [6.45, 7) is 12.7. The number of anilines is 6. The van der Waals surface area contributed by atoms with Gasteiger partial charge in [0.25, 0.3) is 0 Å². The second-order valence-corrected chi connectivity index (χ2v) is 12.7. The fraction of sp³-hybridized carbons (Fsp3) is 0.300. The topological polar surface area (TPSA) is 140 Å². The van der Waals surface area contributed by atoms with Gasteiger partial charge in [0, 0.05) is 60.7 Å². The van der Waals surface area contributed by atoms with E-state index >= 15 is 0 Å². The number of carboxylic acids is 1. The SMILES string of the molecule is CCN(CC)c1cc(OC)c(N(c2ccc(-c3ccc(C=C(C#N)C(=O)O)s3)cc2)c2cc(NC(C)=O)c(N(CC)CC)cc2OC)cc1N=COC. The summed E-state index contributed by atoms with van der Waals surface area (Å²) in [6.07, 6.45) is 2.76. The van der Waals surface area contributed by atoms with Gasteiger partial charge in [-0.05, 0) is 75.7 Å². The number of aliphatic carboxylic acids is 1. The first kappa shape index (κ1) is 39.8. The number of nitrogens with zero attached hydrogens (tertiary/aromatic N) is 5. The number of thiophene rings is 1. The van der Waals surface area contributed by atoms with E-state index in [1.807, 2.05) is 59.5 Å². The Morgan fingerprint density at radius 1 is 0.849 bits per heavy atom. The van der Waals surface area contributed by atoms with E-state index in [-0.39, 0.29) is 11.5 Å². The van der Waals surface area contributed by atoms with E-state index in [2.05, 4.69) is 47.8 Å². The number of rotatable bonds is 17. The highest BCUT2D eigenvalue weighted by molar-refractivity contribution is 7.16. The van der Waals surface area contributed by atoms with Crippen molar-refractivity contribution in [2.24, 2.45) is 4.99 Å². The molecule has 0 bridgehead atoms. The van der Waals surface area contributed by atoms with Gasteiger partial charge < -0.3 is 39.3 Å². The lowest BCUT2D eigenvalue weighted by atomic mass is 10.1. The van der Waals surface area contributed by atoms with Gasteiger partial charge in [0.05, 0.1) is 55.5 Å². The average molecular weight is 739 g/mol. The summed E-state index contributed by atoms with van der Waals surface area (Å²) in [4.78, 5) is 36.5. The number of aliphatic imine (C=N–C) groups is 1. The standard InChI is InChI=1S/C40H46N6O6S/c1-9-44(10-2)33-22-37(51-7)35(20-31(33)42-25-50-6)46(36-21-32(43-26(5)47)34(23-38(36)52-8)45(11-3)12-4)29-15-13-27(14-16-29)39-18-17-30(53-39)19-28(24-41)40(48)49/h13-23,25H,9-12H2,1-8H3,(H,43,47)(H,48,49). The molecule has 1 aromatic heterocycles. The number of methoxy groups -OCH3 is 3. The zero-order valence-electron chi connectivity index (χ0n) is 31.4. The van der Waals surface area contributed by atoms with Crippen LogP contribution in [0.15, 0.2) is 71.2 Å². The number of nitriles is 1. The molecule has 53 heavy (non-hydrogen) atoms. The lowest BCUT2D eigenvalue weighted by Gasteiger charge is -2.32. The Labute approximate surface area is 315 Å². The van der Waals surface area contributed by atoms with Crippen LogP contribution in [-0.2, 0) is 14.3 Å². The number of nitrogens with one attached hydrogen (secondary N) is 1. The van der Waals surface area contributed by atoms with Crippen LogP contribution >= 0.6 is 11.3 Å². The summed E-state index contributed by atoms with van der Waals surface area (Å²) >= 11 is 1.38. The van der Waals surface area contributed by atoms with Crippen molar-refractivity contribution in [3.63, 3.8) is 0 Å². The number of benzene rings is 3. The molecule has 0 saturated carbocycles. The van der Waals surface area contributed by atoms with Gasteiger partial charge in [-0.1, -0.05) is 12.1 Å². The number of hydrogen-bond acceptors (Lipinski definition) is 11. The molecule has 0 fully saturated rings. The first-order valence-corrected chi connectivity index (χ1v) is 18.0. The largest absolute Gasteiger partial charge is 0.494 e. The molecule has 0 aliphatic heterocycles. The molecule has 4 rings (SSSR count). The Morgan fingerprint density at radius 2 is 1.43 bits per heavy atom. The predicted octanol–water partition coefficient (Wildman–Crippen LogP) is 8.85. The monoisotopic (exact) mass is 738 g/mol. The third kappa shape index (κ3) is 9.09. The van der Waals surface area contributed by atoms with Crippen LogP contribution in [0.25, 0.3) is 16.5 Å². The van der Waals surface area contributed by atoms with E-state index in [9.17, 15) is 20.0 Å². The predicted molar refractivity (Wildman–Crippen MR) is 215 cm³/mol. The van der Waals surface area contributed by atoms with Crippen molar-refractivity contribution < 1.29 is 28.9 Å². The molecule has 0 spiro atoms. The second kappa shape index (κ2) is 18.5. The number of carbonyl (C=O) groups excluding carboxylic acids is 1. The quantitative estimate of drug-likeness (QED) is 0.0467. The van der Waals surface area contributed by atoms with Gasteiger partial charge in [-0.2, -0.15) is 5.26 Å². The second-order valence-electron chi connectivity index (χ2n) is 11.6. The Kier molecular flexibility index (Phi) is 13.9. The summed E-state index contributed by atoms with van der Waals surface area (Å²) in [6, 6.07) is 21.0. The maximum atomic E-state index is 12.6. The van der Waals surface area contributed by atoms with Crippen LogP contribution in [0.2, 0.25) is 0 Å². The van der Waals surface area contributed by atoms with Crippen molar-refractivity contribution in [1.29, 1.82) is 5.26 Å². The molecule has 4 aromatic rings. The van der Waals surface area contributed by atoms with E-state index in [4.69, 9.17) is 14.2 Å². The van der Waals surface area contributed by atoms with E-state index < -0.39 is 5.97 Å². The van der Waals surface area contributed by atoms with E-state index in [1.54, 1.807) is 33.5 Å². The molecule has 1 heterocycles. The van der Waals surface area contributed by atoms with E-state index in [0.717, 1.165) is 40.6 Å². The fourth-order valence-corrected chi connectivity index (χ4v) is 6.94. The zero-order valence-corrected chi connectivity index (χ0v) is 32.2. The lowest BCUT2D eigenvalue weighted by molar-refractivity contribution is -0.132. The highest BCUT2D eigenvalue weighted by Crippen LogP contribution is 2.50. The summed E-state index contributed by atoms with van der Waals surface area (Å²) in [7, 11) is 4.79. The lowest BCUT2D eigenvalue weighted by Crippen LogP contribution is -2.24. The average Bonchev–Trinajstić information content (AvgIpc) is 3.63. The first-order valence-electron chi connectivity index (χ1n) is 17.2. The minimum Gasteiger partial charge on any atom is -0.494 e. The zero-order chi connectivity index (χ0) is 38.7. The summed E-state index contributed by atoms with van der Waals surface area (Å²) in [5, 5.41) is 21.6.